The van der Waals surface area contributed by atoms with Crippen molar-refractivity contribution in [1.29, 1.82) is 0 Å². The number of carbonyl (C=O) groups excluding carboxylic acids is 1. The highest BCUT2D eigenvalue weighted by Crippen LogP contribution is 2.26. The molecule has 1 atom stereocenters. The summed E-state index contributed by atoms with van der Waals surface area (Å²) in [6.07, 6.45) is 7.45. The van der Waals surface area contributed by atoms with E-state index in [0.29, 0.717) is 5.78 Å². The molecule has 1 heteroatoms. The van der Waals surface area contributed by atoms with E-state index in [2.05, 4.69) is 26.8 Å². The molecule has 0 amide bonds. The Morgan fingerprint density at radius 1 is 1.50 bits per heavy atom. The third-order valence-electron chi connectivity index (χ3n) is 3.35. The molecule has 0 saturated carbocycles. The van der Waals surface area contributed by atoms with Gasteiger partial charge in [0.2, 0.25) is 0 Å². The average molecular weight is 194 g/mol. The molecule has 0 spiro atoms. The first-order valence-electron chi connectivity index (χ1n) is 5.92. The Morgan fingerprint density at radius 2 is 2.14 bits per heavy atom. The lowest BCUT2D eigenvalue weighted by Gasteiger charge is -2.20. The summed E-state index contributed by atoms with van der Waals surface area (Å²) in [5.74, 6) is 1.46. The topological polar surface area (TPSA) is 17.1 Å². The van der Waals surface area contributed by atoms with Crippen LogP contribution in [0.25, 0.3) is 0 Å². The third-order valence-corrected chi connectivity index (χ3v) is 3.35. The van der Waals surface area contributed by atoms with E-state index in [9.17, 15) is 4.79 Å². The standard InChI is InChI=1S/C13H22O/c1-4-11(5-2)13(14)12-8-6-10(3)7-9-12/h8,10-11H,4-7,9H2,1-3H3. The molecule has 0 bridgehead atoms. The third kappa shape index (κ3) is 2.70. The maximum Gasteiger partial charge on any atom is 0.161 e. The molecule has 0 aromatic rings. The minimum Gasteiger partial charge on any atom is -0.294 e. The van der Waals surface area contributed by atoms with E-state index in [-0.39, 0.29) is 5.92 Å². The number of rotatable bonds is 4. The van der Waals surface area contributed by atoms with Crippen LogP contribution in [0.3, 0.4) is 0 Å². The van der Waals surface area contributed by atoms with Crippen LogP contribution in [0.2, 0.25) is 0 Å². The quantitative estimate of drug-likeness (QED) is 0.666. The molecule has 1 aliphatic rings. The van der Waals surface area contributed by atoms with Gasteiger partial charge in [-0.2, -0.15) is 0 Å². The Labute approximate surface area is 87.6 Å². The van der Waals surface area contributed by atoms with Crippen molar-refractivity contribution >= 4 is 5.78 Å². The molecule has 14 heavy (non-hydrogen) atoms. The number of hydrogen-bond donors (Lipinski definition) is 0. The molecule has 1 rings (SSSR count). The first-order valence-corrected chi connectivity index (χ1v) is 5.92. The largest absolute Gasteiger partial charge is 0.294 e. The lowest BCUT2D eigenvalue weighted by molar-refractivity contribution is -0.119. The molecule has 1 unspecified atom stereocenters. The smallest absolute Gasteiger partial charge is 0.161 e. The minimum absolute atomic E-state index is 0.273. The highest BCUT2D eigenvalue weighted by molar-refractivity contribution is 5.97. The van der Waals surface area contributed by atoms with E-state index in [1.165, 1.54) is 6.42 Å². The van der Waals surface area contributed by atoms with E-state index in [0.717, 1.165) is 37.2 Å². The summed E-state index contributed by atoms with van der Waals surface area (Å²) < 4.78 is 0. The Morgan fingerprint density at radius 3 is 2.57 bits per heavy atom. The second-order valence-corrected chi connectivity index (χ2v) is 4.49. The van der Waals surface area contributed by atoms with Gasteiger partial charge in [-0.05, 0) is 43.6 Å². The van der Waals surface area contributed by atoms with Gasteiger partial charge in [-0.3, -0.25) is 4.79 Å². The molecule has 0 aliphatic heterocycles. The zero-order valence-electron chi connectivity index (χ0n) is 9.68. The molecule has 80 valence electrons. The molecule has 0 aromatic carbocycles. The van der Waals surface area contributed by atoms with Gasteiger partial charge in [0, 0.05) is 5.92 Å². The molecule has 0 heterocycles. The molecular formula is C13H22O. The van der Waals surface area contributed by atoms with Crippen LogP contribution in [0.5, 0.6) is 0 Å². The van der Waals surface area contributed by atoms with Crippen LogP contribution in [0, 0.1) is 11.8 Å². The zero-order valence-corrected chi connectivity index (χ0v) is 9.68. The van der Waals surface area contributed by atoms with Crippen molar-refractivity contribution in [2.45, 2.75) is 52.9 Å². The summed E-state index contributed by atoms with van der Waals surface area (Å²) in [4.78, 5) is 12.0. The lowest BCUT2D eigenvalue weighted by atomic mass is 9.84. The molecule has 0 radical (unpaired) electrons. The fraction of sp³-hybridized carbons (Fsp3) is 0.769. The van der Waals surface area contributed by atoms with E-state index >= 15 is 0 Å². The van der Waals surface area contributed by atoms with Gasteiger partial charge in [-0.1, -0.05) is 26.8 Å². The first kappa shape index (κ1) is 11.5. The average Bonchev–Trinajstić information content (AvgIpc) is 2.20. The van der Waals surface area contributed by atoms with Crippen molar-refractivity contribution in [2.75, 3.05) is 0 Å². The zero-order chi connectivity index (χ0) is 10.6. The second-order valence-electron chi connectivity index (χ2n) is 4.49. The van der Waals surface area contributed by atoms with Gasteiger partial charge in [0.15, 0.2) is 5.78 Å². The predicted molar refractivity (Wildman–Crippen MR) is 60.2 cm³/mol. The molecular weight excluding hydrogens is 172 g/mol. The summed E-state index contributed by atoms with van der Waals surface area (Å²) in [5.41, 5.74) is 1.11. The summed E-state index contributed by atoms with van der Waals surface area (Å²) in [6.45, 7) is 6.48. The predicted octanol–water partition coefficient (Wildman–Crippen LogP) is 3.74. The van der Waals surface area contributed by atoms with E-state index < -0.39 is 0 Å². The molecule has 0 N–H and O–H groups in total. The van der Waals surface area contributed by atoms with Crippen molar-refractivity contribution in [3.05, 3.63) is 11.6 Å². The number of hydrogen-bond acceptors (Lipinski definition) is 1. The van der Waals surface area contributed by atoms with Gasteiger partial charge >= 0.3 is 0 Å². The normalized spacial score (nSPS) is 22.3. The van der Waals surface area contributed by atoms with Crippen molar-refractivity contribution in [2.24, 2.45) is 11.8 Å². The van der Waals surface area contributed by atoms with Crippen LogP contribution in [-0.4, -0.2) is 5.78 Å². The fourth-order valence-electron chi connectivity index (χ4n) is 2.11. The Kier molecular flexibility index (Phi) is 4.37. The van der Waals surface area contributed by atoms with Gasteiger partial charge in [0.05, 0.1) is 0 Å². The van der Waals surface area contributed by atoms with Crippen LogP contribution >= 0.6 is 0 Å². The van der Waals surface area contributed by atoms with Crippen molar-refractivity contribution in [3.8, 4) is 0 Å². The van der Waals surface area contributed by atoms with Crippen LogP contribution in [0.1, 0.15) is 52.9 Å². The lowest BCUT2D eigenvalue weighted by Crippen LogP contribution is -2.18. The summed E-state index contributed by atoms with van der Waals surface area (Å²) in [7, 11) is 0. The van der Waals surface area contributed by atoms with E-state index in [1.54, 1.807) is 0 Å². The highest BCUT2D eigenvalue weighted by atomic mass is 16.1. The molecule has 1 aliphatic carbocycles. The van der Waals surface area contributed by atoms with Gasteiger partial charge < -0.3 is 0 Å². The summed E-state index contributed by atoms with van der Waals surface area (Å²) >= 11 is 0. The van der Waals surface area contributed by atoms with Crippen LogP contribution < -0.4 is 0 Å². The monoisotopic (exact) mass is 194 g/mol. The molecule has 0 aromatic heterocycles. The van der Waals surface area contributed by atoms with Crippen LogP contribution in [0.15, 0.2) is 11.6 Å². The number of allylic oxidation sites excluding steroid dienone is 2. The summed E-state index contributed by atoms with van der Waals surface area (Å²) in [5, 5.41) is 0. The minimum atomic E-state index is 0.273. The van der Waals surface area contributed by atoms with Gasteiger partial charge in [-0.15, -0.1) is 0 Å². The Balaban J connectivity index is 2.60. The van der Waals surface area contributed by atoms with Gasteiger partial charge in [0.1, 0.15) is 0 Å². The SMILES string of the molecule is CCC(CC)C(=O)C1=CCC(C)CC1. The number of ketones is 1. The molecule has 0 saturated heterocycles. The van der Waals surface area contributed by atoms with Gasteiger partial charge in [-0.25, -0.2) is 0 Å². The molecule has 0 fully saturated rings. The first-order chi connectivity index (χ1) is 6.69. The van der Waals surface area contributed by atoms with E-state index in [4.69, 9.17) is 0 Å². The highest BCUT2D eigenvalue weighted by Gasteiger charge is 2.21. The van der Waals surface area contributed by atoms with Crippen LogP contribution in [0.4, 0.5) is 0 Å². The maximum absolute atomic E-state index is 12.0. The molecule has 1 nitrogen and oxygen atoms in total. The van der Waals surface area contributed by atoms with Crippen molar-refractivity contribution < 1.29 is 4.79 Å². The Bertz CT molecular complexity index is 223. The van der Waals surface area contributed by atoms with E-state index in [1.807, 2.05) is 0 Å². The fourth-order valence-corrected chi connectivity index (χ4v) is 2.11. The van der Waals surface area contributed by atoms with Crippen molar-refractivity contribution in [3.63, 3.8) is 0 Å². The summed E-state index contributed by atoms with van der Waals surface area (Å²) in [6, 6.07) is 0. The Hall–Kier alpha value is -0.590. The van der Waals surface area contributed by atoms with Crippen molar-refractivity contribution in [1.82, 2.24) is 0 Å². The van der Waals surface area contributed by atoms with Crippen LogP contribution in [-0.2, 0) is 4.79 Å². The van der Waals surface area contributed by atoms with Gasteiger partial charge in [0.25, 0.3) is 0 Å². The number of Topliss-reactive ketones (excluding diaryl/α,β-unsaturated/α-hetero) is 1. The number of carbonyl (C=O) groups is 1. The second kappa shape index (κ2) is 5.33. The maximum atomic E-state index is 12.0.